The number of methoxy groups -OCH3 is 2. The number of carbonyl (C=O) groups excluding carboxylic acids is 1. The first-order chi connectivity index (χ1) is 15.1. The van der Waals surface area contributed by atoms with Gasteiger partial charge in [0, 0.05) is 44.1 Å². The number of amides is 1. The Morgan fingerprint density at radius 1 is 1.00 bits per heavy atom. The van der Waals surface area contributed by atoms with Crippen molar-refractivity contribution in [2.24, 2.45) is 0 Å². The fourth-order valence-corrected chi connectivity index (χ4v) is 4.39. The molecule has 1 saturated heterocycles. The van der Waals surface area contributed by atoms with E-state index in [1.165, 1.54) is 22.7 Å². The van der Waals surface area contributed by atoms with Gasteiger partial charge in [0.15, 0.2) is 0 Å². The van der Waals surface area contributed by atoms with Gasteiger partial charge in [-0.15, -0.1) is 0 Å². The molecule has 3 aromatic rings. The molecule has 4 rings (SSSR count). The molecule has 0 spiro atoms. The number of nitrogens with zero attached hydrogens (tertiary/aromatic N) is 4. The minimum atomic E-state index is -0.0775. The van der Waals surface area contributed by atoms with E-state index in [9.17, 15) is 4.79 Å². The summed E-state index contributed by atoms with van der Waals surface area (Å²) in [6, 6.07) is 13.8. The fraction of sp³-hybridized carbons (Fsp3) is 0.348. The van der Waals surface area contributed by atoms with E-state index in [0.29, 0.717) is 43.2 Å². The zero-order valence-electron chi connectivity index (χ0n) is 18.0. The Hall–Kier alpha value is -3.13. The van der Waals surface area contributed by atoms with Gasteiger partial charge in [0.25, 0.3) is 5.91 Å². The first-order valence-electron chi connectivity index (χ1n) is 10.2. The van der Waals surface area contributed by atoms with Crippen molar-refractivity contribution in [2.75, 3.05) is 45.3 Å². The molecule has 8 heteroatoms. The van der Waals surface area contributed by atoms with Crippen LogP contribution in [0.15, 0.2) is 42.5 Å². The molecule has 2 heterocycles. The van der Waals surface area contributed by atoms with Crippen LogP contribution in [0.2, 0.25) is 0 Å². The molecule has 1 amide bonds. The Morgan fingerprint density at radius 2 is 1.65 bits per heavy atom. The zero-order valence-corrected chi connectivity index (χ0v) is 18.8. The van der Waals surface area contributed by atoms with Gasteiger partial charge in [-0.2, -0.15) is 4.37 Å². The van der Waals surface area contributed by atoms with Crippen LogP contribution in [0.5, 0.6) is 11.5 Å². The van der Waals surface area contributed by atoms with Crippen LogP contribution < -0.4 is 14.4 Å². The lowest BCUT2D eigenvalue weighted by Gasteiger charge is -2.34. The summed E-state index contributed by atoms with van der Waals surface area (Å²) in [6.45, 7) is 4.71. The third kappa shape index (κ3) is 4.64. The second-order valence-corrected chi connectivity index (χ2v) is 8.20. The standard InChI is InChI=1S/C23H26N4O3S/c1-16-7-9-17(10-8-16)15-20-24-23(31-25-20)27-13-11-26(12-14-27)22(28)21-18(29-2)5-4-6-19(21)30-3/h4-10H,11-15H2,1-3H3. The number of ether oxygens (including phenoxy) is 2. The molecule has 0 radical (unpaired) electrons. The SMILES string of the molecule is COc1cccc(OC)c1C(=O)N1CCN(c2nc(Cc3ccc(C)cc3)ns2)CC1. The highest BCUT2D eigenvalue weighted by Crippen LogP contribution is 2.30. The van der Waals surface area contributed by atoms with Crippen LogP contribution in [0.3, 0.4) is 0 Å². The summed E-state index contributed by atoms with van der Waals surface area (Å²) in [5, 5.41) is 0.907. The van der Waals surface area contributed by atoms with E-state index in [0.717, 1.165) is 17.4 Å². The van der Waals surface area contributed by atoms with Gasteiger partial charge in [-0.1, -0.05) is 35.9 Å². The monoisotopic (exact) mass is 438 g/mol. The molecule has 7 nitrogen and oxygen atoms in total. The Balaban J connectivity index is 1.40. The quantitative estimate of drug-likeness (QED) is 0.588. The highest BCUT2D eigenvalue weighted by Gasteiger charge is 2.28. The summed E-state index contributed by atoms with van der Waals surface area (Å²) >= 11 is 1.42. The topological polar surface area (TPSA) is 67.8 Å². The number of aromatic nitrogens is 2. The third-order valence-corrected chi connectivity index (χ3v) is 6.23. The van der Waals surface area contributed by atoms with Crippen molar-refractivity contribution in [2.45, 2.75) is 13.3 Å². The lowest BCUT2D eigenvalue weighted by atomic mass is 10.1. The number of hydrogen-bond donors (Lipinski definition) is 0. The summed E-state index contributed by atoms with van der Waals surface area (Å²) in [5.74, 6) is 1.81. The third-order valence-electron chi connectivity index (χ3n) is 5.42. The van der Waals surface area contributed by atoms with Crippen molar-refractivity contribution in [3.63, 3.8) is 0 Å². The van der Waals surface area contributed by atoms with E-state index >= 15 is 0 Å². The number of rotatable bonds is 6. The lowest BCUT2D eigenvalue weighted by Crippen LogP contribution is -2.48. The Morgan fingerprint density at radius 3 is 2.26 bits per heavy atom. The zero-order chi connectivity index (χ0) is 21.8. The van der Waals surface area contributed by atoms with Gasteiger partial charge in [-0.05, 0) is 24.6 Å². The number of aryl methyl sites for hydroxylation is 1. The average Bonchev–Trinajstić information content (AvgIpc) is 3.28. The van der Waals surface area contributed by atoms with E-state index in [1.807, 2.05) is 11.0 Å². The first-order valence-corrected chi connectivity index (χ1v) is 11.0. The van der Waals surface area contributed by atoms with E-state index in [-0.39, 0.29) is 5.91 Å². The average molecular weight is 439 g/mol. The summed E-state index contributed by atoms with van der Waals surface area (Å²) < 4.78 is 15.3. The van der Waals surface area contributed by atoms with E-state index in [1.54, 1.807) is 26.4 Å². The summed E-state index contributed by atoms with van der Waals surface area (Å²) in [5.41, 5.74) is 2.92. The predicted octanol–water partition coefficient (Wildman–Crippen LogP) is 3.42. The molecule has 0 unspecified atom stereocenters. The molecule has 0 bridgehead atoms. The molecule has 0 atom stereocenters. The molecule has 0 N–H and O–H groups in total. The van der Waals surface area contributed by atoms with Crippen LogP contribution in [0.25, 0.3) is 0 Å². The molecule has 1 fully saturated rings. The van der Waals surface area contributed by atoms with Gasteiger partial charge in [-0.3, -0.25) is 4.79 Å². The Bertz CT molecular complexity index is 1020. The number of carbonyl (C=O) groups is 1. The molecule has 2 aromatic carbocycles. The smallest absolute Gasteiger partial charge is 0.261 e. The van der Waals surface area contributed by atoms with Crippen molar-refractivity contribution in [3.8, 4) is 11.5 Å². The number of hydrogen-bond acceptors (Lipinski definition) is 7. The maximum absolute atomic E-state index is 13.2. The Labute approximate surface area is 186 Å². The Kier molecular flexibility index (Phi) is 6.36. The van der Waals surface area contributed by atoms with Crippen LogP contribution in [-0.2, 0) is 6.42 Å². The minimum Gasteiger partial charge on any atom is -0.496 e. The van der Waals surface area contributed by atoms with Gasteiger partial charge in [0.2, 0.25) is 5.13 Å². The number of piperazine rings is 1. The largest absolute Gasteiger partial charge is 0.496 e. The van der Waals surface area contributed by atoms with E-state index in [2.05, 4.69) is 40.5 Å². The van der Waals surface area contributed by atoms with Crippen molar-refractivity contribution >= 4 is 22.6 Å². The van der Waals surface area contributed by atoms with Gasteiger partial charge in [-0.25, -0.2) is 4.98 Å². The molecule has 1 aliphatic rings. The van der Waals surface area contributed by atoms with Crippen LogP contribution >= 0.6 is 11.5 Å². The molecule has 162 valence electrons. The van der Waals surface area contributed by atoms with Crippen LogP contribution in [-0.4, -0.2) is 60.6 Å². The van der Waals surface area contributed by atoms with E-state index < -0.39 is 0 Å². The summed E-state index contributed by atoms with van der Waals surface area (Å²) in [6.07, 6.45) is 0.725. The molecule has 0 aliphatic carbocycles. The minimum absolute atomic E-state index is 0.0775. The van der Waals surface area contributed by atoms with Gasteiger partial charge in [0.1, 0.15) is 22.9 Å². The second-order valence-electron chi connectivity index (χ2n) is 7.47. The maximum Gasteiger partial charge on any atom is 0.261 e. The second kappa shape index (κ2) is 9.34. The normalized spacial score (nSPS) is 13.9. The molecular formula is C23H26N4O3S. The molecule has 31 heavy (non-hydrogen) atoms. The van der Waals surface area contributed by atoms with Gasteiger partial charge >= 0.3 is 0 Å². The van der Waals surface area contributed by atoms with E-state index in [4.69, 9.17) is 14.5 Å². The molecule has 0 saturated carbocycles. The van der Waals surface area contributed by atoms with Crippen molar-refractivity contribution in [1.29, 1.82) is 0 Å². The fourth-order valence-electron chi connectivity index (χ4n) is 3.65. The van der Waals surface area contributed by atoms with Crippen molar-refractivity contribution in [1.82, 2.24) is 14.3 Å². The maximum atomic E-state index is 13.2. The van der Waals surface area contributed by atoms with Crippen LogP contribution in [0.1, 0.15) is 27.3 Å². The van der Waals surface area contributed by atoms with Crippen LogP contribution in [0, 0.1) is 6.92 Å². The molecular weight excluding hydrogens is 412 g/mol. The van der Waals surface area contributed by atoms with Gasteiger partial charge in [0.05, 0.1) is 14.2 Å². The summed E-state index contributed by atoms with van der Waals surface area (Å²) in [4.78, 5) is 21.9. The summed E-state index contributed by atoms with van der Waals surface area (Å²) in [7, 11) is 3.13. The van der Waals surface area contributed by atoms with Gasteiger partial charge < -0.3 is 19.3 Å². The highest BCUT2D eigenvalue weighted by molar-refractivity contribution is 7.09. The predicted molar refractivity (Wildman–Crippen MR) is 122 cm³/mol. The van der Waals surface area contributed by atoms with Crippen LogP contribution in [0.4, 0.5) is 5.13 Å². The first kappa shape index (κ1) is 21.1. The lowest BCUT2D eigenvalue weighted by molar-refractivity contribution is 0.0739. The van der Waals surface area contributed by atoms with Crippen molar-refractivity contribution in [3.05, 3.63) is 65.0 Å². The molecule has 1 aromatic heterocycles. The van der Waals surface area contributed by atoms with Crippen molar-refractivity contribution < 1.29 is 14.3 Å². The number of anilines is 1. The molecule has 1 aliphatic heterocycles. The number of benzene rings is 2. The highest BCUT2D eigenvalue weighted by atomic mass is 32.1.